The fourth-order valence-electron chi connectivity index (χ4n) is 2.67. The van der Waals surface area contributed by atoms with E-state index in [2.05, 4.69) is 4.74 Å². The normalized spacial score (nSPS) is 11.0. The first kappa shape index (κ1) is 19.0. The molecule has 4 nitrogen and oxygen atoms in total. The number of ether oxygens (including phenoxy) is 2. The van der Waals surface area contributed by atoms with Crippen LogP contribution in [0.1, 0.15) is 15.2 Å². The summed E-state index contributed by atoms with van der Waals surface area (Å²) >= 11 is 1.20. The van der Waals surface area contributed by atoms with Gasteiger partial charge in [-0.1, -0.05) is 12.1 Å². The summed E-state index contributed by atoms with van der Waals surface area (Å²) in [6, 6.07) is 10.8. The highest BCUT2D eigenvalue weighted by Gasteiger charge is 2.18. The second-order valence-corrected chi connectivity index (χ2v) is 6.87. The van der Waals surface area contributed by atoms with E-state index in [-0.39, 0.29) is 29.8 Å². The largest absolute Gasteiger partial charge is 0.493 e. The van der Waals surface area contributed by atoms with E-state index in [1.807, 2.05) is 0 Å². The third-order valence-electron chi connectivity index (χ3n) is 3.93. The minimum atomic E-state index is -2.98. The van der Waals surface area contributed by atoms with Gasteiger partial charge in [-0.25, -0.2) is 4.39 Å². The van der Waals surface area contributed by atoms with Crippen LogP contribution in [-0.2, 0) is 6.54 Å². The number of rotatable bonds is 6. The van der Waals surface area contributed by atoms with Crippen molar-refractivity contribution in [1.29, 1.82) is 0 Å². The Morgan fingerprint density at radius 3 is 2.63 bits per heavy atom. The molecule has 1 aromatic heterocycles. The quantitative estimate of drug-likeness (QED) is 0.595. The predicted molar refractivity (Wildman–Crippen MR) is 97.2 cm³/mol. The molecule has 0 radical (unpaired) electrons. The van der Waals surface area contributed by atoms with Crippen LogP contribution in [0.15, 0.2) is 42.5 Å². The van der Waals surface area contributed by atoms with Gasteiger partial charge < -0.3 is 14.4 Å². The topological polar surface area (TPSA) is 38.8 Å². The number of hydrogen-bond donors (Lipinski definition) is 0. The van der Waals surface area contributed by atoms with Gasteiger partial charge in [-0.15, -0.1) is 11.3 Å². The van der Waals surface area contributed by atoms with E-state index < -0.39 is 6.61 Å². The highest BCUT2D eigenvalue weighted by Crippen LogP contribution is 2.31. The third kappa shape index (κ3) is 4.16. The summed E-state index contributed by atoms with van der Waals surface area (Å²) in [5.74, 6) is -0.597. The monoisotopic (exact) mass is 395 g/mol. The molecule has 3 aromatic rings. The van der Waals surface area contributed by atoms with Crippen LogP contribution >= 0.6 is 11.3 Å². The van der Waals surface area contributed by atoms with Crippen LogP contribution in [0.3, 0.4) is 0 Å². The van der Waals surface area contributed by atoms with E-state index in [1.54, 1.807) is 25.2 Å². The molecule has 1 heterocycles. The number of thiophene rings is 1. The van der Waals surface area contributed by atoms with Gasteiger partial charge in [-0.2, -0.15) is 8.78 Å². The molecule has 0 spiro atoms. The molecule has 1 amide bonds. The Morgan fingerprint density at radius 1 is 1.19 bits per heavy atom. The van der Waals surface area contributed by atoms with Gasteiger partial charge in [0.25, 0.3) is 5.91 Å². The number of carbonyl (C=O) groups excluding carboxylic acids is 1. The summed E-state index contributed by atoms with van der Waals surface area (Å²) in [6.07, 6.45) is 0. The zero-order valence-corrected chi connectivity index (χ0v) is 15.4. The van der Waals surface area contributed by atoms with Crippen molar-refractivity contribution in [3.8, 4) is 11.5 Å². The Bertz CT molecular complexity index is 974. The molecule has 0 bridgehead atoms. The van der Waals surface area contributed by atoms with E-state index in [9.17, 15) is 18.0 Å². The Kier molecular flexibility index (Phi) is 5.55. The van der Waals surface area contributed by atoms with E-state index in [0.717, 1.165) is 0 Å². The molecule has 27 heavy (non-hydrogen) atoms. The number of benzene rings is 2. The second-order valence-electron chi connectivity index (χ2n) is 5.79. The van der Waals surface area contributed by atoms with Crippen LogP contribution in [0, 0.1) is 5.82 Å². The lowest BCUT2D eigenvalue weighted by atomic mass is 10.2. The Balaban J connectivity index is 1.80. The Labute approximate surface area is 157 Å². The fourth-order valence-corrected chi connectivity index (χ4v) is 3.74. The van der Waals surface area contributed by atoms with Crippen molar-refractivity contribution in [2.75, 3.05) is 14.2 Å². The van der Waals surface area contributed by atoms with Gasteiger partial charge >= 0.3 is 6.61 Å². The number of hydrogen-bond acceptors (Lipinski definition) is 4. The van der Waals surface area contributed by atoms with E-state index >= 15 is 0 Å². The molecule has 0 aliphatic rings. The van der Waals surface area contributed by atoms with Gasteiger partial charge in [0.1, 0.15) is 5.82 Å². The molecular weight excluding hydrogens is 379 g/mol. The molecule has 0 atom stereocenters. The van der Waals surface area contributed by atoms with E-state index in [0.29, 0.717) is 20.5 Å². The SMILES string of the molecule is COc1ccc(CN(C)C(=O)c2cc3c(F)cccc3s2)cc1OC(F)F. The summed E-state index contributed by atoms with van der Waals surface area (Å²) in [6.45, 7) is -2.82. The van der Waals surface area contributed by atoms with Crippen molar-refractivity contribution in [3.63, 3.8) is 0 Å². The van der Waals surface area contributed by atoms with E-state index in [4.69, 9.17) is 4.74 Å². The number of halogens is 3. The molecule has 142 valence electrons. The molecular formula is C19H16F3NO3S. The number of nitrogens with zero attached hydrogens (tertiary/aromatic N) is 1. The summed E-state index contributed by atoms with van der Waals surface area (Å²) < 4.78 is 49.0. The van der Waals surface area contributed by atoms with Crippen LogP contribution < -0.4 is 9.47 Å². The summed E-state index contributed by atoms with van der Waals surface area (Å²) in [7, 11) is 2.94. The van der Waals surface area contributed by atoms with Crippen molar-refractivity contribution in [2.24, 2.45) is 0 Å². The maximum Gasteiger partial charge on any atom is 0.387 e. The minimum absolute atomic E-state index is 0.102. The summed E-state index contributed by atoms with van der Waals surface area (Å²) in [4.78, 5) is 14.5. The van der Waals surface area contributed by atoms with Crippen molar-refractivity contribution >= 4 is 27.3 Å². The summed E-state index contributed by atoms with van der Waals surface area (Å²) in [5.41, 5.74) is 0.592. The third-order valence-corrected chi connectivity index (χ3v) is 5.02. The number of fused-ring (bicyclic) bond motifs is 1. The van der Waals surface area contributed by atoms with Gasteiger partial charge in [0, 0.05) is 23.7 Å². The second kappa shape index (κ2) is 7.87. The van der Waals surface area contributed by atoms with Crippen molar-refractivity contribution in [3.05, 3.63) is 58.7 Å². The van der Waals surface area contributed by atoms with Gasteiger partial charge in [0.05, 0.1) is 12.0 Å². The Morgan fingerprint density at radius 2 is 1.96 bits per heavy atom. The van der Waals surface area contributed by atoms with E-state index in [1.165, 1.54) is 47.6 Å². The van der Waals surface area contributed by atoms with Crippen LogP contribution in [0.4, 0.5) is 13.2 Å². The van der Waals surface area contributed by atoms with Crippen molar-refractivity contribution < 1.29 is 27.4 Å². The standard InChI is InChI=1S/C19H16F3NO3S/c1-23(10-11-6-7-14(25-2)15(8-11)26-19(21)22)18(24)17-9-12-13(20)4-3-5-16(12)27-17/h3-9,19H,10H2,1-2H3. The predicted octanol–water partition coefficient (Wildman–Crippen LogP) is 4.92. The molecule has 0 aliphatic carbocycles. The Hall–Kier alpha value is -2.74. The average molecular weight is 395 g/mol. The number of methoxy groups -OCH3 is 1. The maximum atomic E-state index is 13.8. The number of carbonyl (C=O) groups is 1. The highest BCUT2D eigenvalue weighted by atomic mass is 32.1. The van der Waals surface area contributed by atoms with Crippen LogP contribution in [0.2, 0.25) is 0 Å². The lowest BCUT2D eigenvalue weighted by Gasteiger charge is -2.18. The zero-order chi connectivity index (χ0) is 19.6. The average Bonchev–Trinajstić information content (AvgIpc) is 3.06. The zero-order valence-electron chi connectivity index (χ0n) is 14.5. The summed E-state index contributed by atoms with van der Waals surface area (Å²) in [5, 5.41) is 0.399. The van der Waals surface area contributed by atoms with Gasteiger partial charge in [-0.05, 0) is 35.9 Å². The van der Waals surface area contributed by atoms with Crippen LogP contribution in [0.25, 0.3) is 10.1 Å². The molecule has 3 rings (SSSR count). The molecule has 0 aliphatic heterocycles. The van der Waals surface area contributed by atoms with Crippen LogP contribution in [0.5, 0.6) is 11.5 Å². The number of alkyl halides is 2. The molecule has 0 unspecified atom stereocenters. The van der Waals surface area contributed by atoms with Crippen molar-refractivity contribution in [1.82, 2.24) is 4.90 Å². The smallest absolute Gasteiger partial charge is 0.387 e. The molecule has 0 saturated carbocycles. The lowest BCUT2D eigenvalue weighted by molar-refractivity contribution is -0.0512. The first-order valence-corrected chi connectivity index (χ1v) is 8.76. The van der Waals surface area contributed by atoms with Crippen molar-refractivity contribution in [2.45, 2.75) is 13.2 Å². The molecule has 2 aromatic carbocycles. The lowest BCUT2D eigenvalue weighted by Crippen LogP contribution is -2.25. The van der Waals surface area contributed by atoms with Gasteiger partial charge in [0.15, 0.2) is 11.5 Å². The highest BCUT2D eigenvalue weighted by molar-refractivity contribution is 7.20. The molecule has 8 heteroatoms. The number of amides is 1. The molecule has 0 N–H and O–H groups in total. The maximum absolute atomic E-state index is 13.8. The molecule has 0 saturated heterocycles. The first-order valence-electron chi connectivity index (χ1n) is 7.94. The molecule has 0 fully saturated rings. The van der Waals surface area contributed by atoms with Crippen LogP contribution in [-0.4, -0.2) is 31.6 Å². The van der Waals surface area contributed by atoms with Gasteiger partial charge in [0.2, 0.25) is 0 Å². The van der Waals surface area contributed by atoms with Gasteiger partial charge in [-0.3, -0.25) is 4.79 Å². The fraction of sp³-hybridized carbons (Fsp3) is 0.211. The minimum Gasteiger partial charge on any atom is -0.493 e. The first-order chi connectivity index (χ1) is 12.9.